The summed E-state index contributed by atoms with van der Waals surface area (Å²) in [4.78, 5) is 12.5. The minimum Gasteiger partial charge on any atom is -0.329 e. The molecular formula is C6H5F2NO. The van der Waals surface area contributed by atoms with Crippen molar-refractivity contribution in [3.05, 3.63) is 34.2 Å². The number of hydrogen-bond acceptors (Lipinski definition) is 1. The van der Waals surface area contributed by atoms with Gasteiger partial charge in [-0.1, -0.05) is 0 Å². The van der Waals surface area contributed by atoms with Crippen molar-refractivity contribution in [2.24, 2.45) is 0 Å². The van der Waals surface area contributed by atoms with Crippen LogP contribution in [0.1, 0.15) is 12.0 Å². The maximum Gasteiger partial charge on any atom is 0.265 e. The Morgan fingerprint density at radius 2 is 2.10 bits per heavy atom. The van der Waals surface area contributed by atoms with Crippen LogP contribution in [-0.2, 0) is 0 Å². The molecule has 1 rings (SSSR count). The Kier molecular flexibility index (Phi) is 1.80. The molecular weight excluding hydrogens is 140 g/mol. The van der Waals surface area contributed by atoms with Crippen molar-refractivity contribution in [1.82, 2.24) is 4.98 Å². The highest BCUT2D eigenvalue weighted by Gasteiger charge is 2.04. The smallest absolute Gasteiger partial charge is 0.265 e. The van der Waals surface area contributed by atoms with Crippen LogP contribution < -0.4 is 5.56 Å². The highest BCUT2D eigenvalue weighted by molar-refractivity contribution is 5.09. The zero-order valence-corrected chi connectivity index (χ0v) is 4.97. The molecule has 1 aromatic rings. The van der Waals surface area contributed by atoms with Gasteiger partial charge in [-0.15, -0.1) is 0 Å². The van der Waals surface area contributed by atoms with Crippen LogP contribution in [0.3, 0.4) is 0 Å². The number of pyridine rings is 1. The van der Waals surface area contributed by atoms with Gasteiger partial charge in [0.1, 0.15) is 0 Å². The van der Waals surface area contributed by atoms with E-state index in [4.69, 9.17) is 0 Å². The van der Waals surface area contributed by atoms with Crippen molar-refractivity contribution in [2.45, 2.75) is 6.43 Å². The lowest BCUT2D eigenvalue weighted by Crippen LogP contribution is -2.02. The molecule has 2 nitrogen and oxygen atoms in total. The Morgan fingerprint density at radius 1 is 1.40 bits per heavy atom. The monoisotopic (exact) mass is 145 g/mol. The predicted molar refractivity (Wildman–Crippen MR) is 32.0 cm³/mol. The van der Waals surface area contributed by atoms with E-state index >= 15 is 0 Å². The molecule has 0 atom stereocenters. The fraction of sp³-hybridized carbons (Fsp3) is 0.167. The summed E-state index contributed by atoms with van der Waals surface area (Å²) in [6.45, 7) is 0. The molecule has 0 aromatic carbocycles. The molecule has 1 N–H and O–H groups in total. The zero-order valence-electron chi connectivity index (χ0n) is 4.97. The molecule has 0 aliphatic carbocycles. The van der Waals surface area contributed by atoms with E-state index in [0.29, 0.717) is 0 Å². The molecule has 10 heavy (non-hydrogen) atoms. The lowest BCUT2D eigenvalue weighted by Gasteiger charge is -1.94. The SMILES string of the molecule is O=c1ccc(C(F)F)c[nH]1. The second-order valence-electron chi connectivity index (χ2n) is 1.79. The molecule has 0 aliphatic rings. The summed E-state index contributed by atoms with van der Waals surface area (Å²) in [5.74, 6) is 0. The Balaban J connectivity index is 3.00. The van der Waals surface area contributed by atoms with Crippen LogP contribution in [-0.4, -0.2) is 4.98 Å². The molecule has 0 bridgehead atoms. The Labute approximate surface area is 55.5 Å². The number of rotatable bonds is 1. The first-order valence-electron chi connectivity index (χ1n) is 2.67. The molecule has 0 unspecified atom stereocenters. The van der Waals surface area contributed by atoms with Crippen molar-refractivity contribution >= 4 is 0 Å². The van der Waals surface area contributed by atoms with E-state index < -0.39 is 6.43 Å². The van der Waals surface area contributed by atoms with Gasteiger partial charge in [-0.25, -0.2) is 8.78 Å². The molecule has 0 spiro atoms. The number of H-pyrrole nitrogens is 1. The van der Waals surface area contributed by atoms with Crippen molar-refractivity contribution < 1.29 is 8.78 Å². The first kappa shape index (κ1) is 6.92. The van der Waals surface area contributed by atoms with Crippen LogP contribution in [0.4, 0.5) is 8.78 Å². The Morgan fingerprint density at radius 3 is 2.50 bits per heavy atom. The largest absolute Gasteiger partial charge is 0.329 e. The number of aromatic amines is 1. The number of halogens is 2. The molecule has 1 heterocycles. The van der Waals surface area contributed by atoms with Gasteiger partial charge in [0, 0.05) is 17.8 Å². The van der Waals surface area contributed by atoms with Crippen molar-refractivity contribution in [2.75, 3.05) is 0 Å². The van der Waals surface area contributed by atoms with Gasteiger partial charge < -0.3 is 4.98 Å². The van der Waals surface area contributed by atoms with E-state index in [1.807, 2.05) is 0 Å². The number of hydrogen-bond donors (Lipinski definition) is 1. The van der Waals surface area contributed by atoms with Gasteiger partial charge in [0.05, 0.1) is 0 Å². The first-order valence-corrected chi connectivity index (χ1v) is 2.67. The summed E-state index contributed by atoms with van der Waals surface area (Å²) >= 11 is 0. The van der Waals surface area contributed by atoms with Gasteiger partial charge in [0.2, 0.25) is 5.56 Å². The Hall–Kier alpha value is -1.19. The van der Waals surface area contributed by atoms with E-state index in [2.05, 4.69) is 4.98 Å². The Bertz CT molecular complexity index is 248. The van der Waals surface area contributed by atoms with E-state index in [1.54, 1.807) is 0 Å². The maximum atomic E-state index is 11.8. The average molecular weight is 145 g/mol. The van der Waals surface area contributed by atoms with Gasteiger partial charge in [-0.3, -0.25) is 4.79 Å². The topological polar surface area (TPSA) is 32.9 Å². The van der Waals surface area contributed by atoms with E-state index in [0.717, 1.165) is 18.3 Å². The third-order valence-electron chi connectivity index (χ3n) is 1.06. The highest BCUT2D eigenvalue weighted by atomic mass is 19.3. The first-order chi connectivity index (χ1) is 4.70. The van der Waals surface area contributed by atoms with Gasteiger partial charge >= 0.3 is 0 Å². The summed E-state index contributed by atoms with van der Waals surface area (Å²) < 4.78 is 23.6. The average Bonchev–Trinajstić information content (AvgIpc) is 1.88. The van der Waals surface area contributed by atoms with Crippen LogP contribution >= 0.6 is 0 Å². The minimum atomic E-state index is -2.52. The summed E-state index contributed by atoms with van der Waals surface area (Å²) in [6, 6.07) is 2.17. The maximum absolute atomic E-state index is 11.8. The number of alkyl halides is 2. The van der Waals surface area contributed by atoms with Crippen molar-refractivity contribution in [3.8, 4) is 0 Å². The fourth-order valence-electron chi connectivity index (χ4n) is 0.558. The minimum absolute atomic E-state index is 0.167. The van der Waals surface area contributed by atoms with Gasteiger partial charge in [0.25, 0.3) is 6.43 Å². The molecule has 0 aliphatic heterocycles. The lowest BCUT2D eigenvalue weighted by atomic mass is 10.3. The second-order valence-corrected chi connectivity index (χ2v) is 1.79. The predicted octanol–water partition coefficient (Wildman–Crippen LogP) is 1.31. The zero-order chi connectivity index (χ0) is 7.56. The molecule has 4 heteroatoms. The quantitative estimate of drug-likeness (QED) is 0.635. The molecule has 0 radical (unpaired) electrons. The third-order valence-corrected chi connectivity index (χ3v) is 1.06. The normalized spacial score (nSPS) is 10.3. The van der Waals surface area contributed by atoms with Crippen LogP contribution in [0.5, 0.6) is 0 Å². The van der Waals surface area contributed by atoms with Crippen LogP contribution in [0.25, 0.3) is 0 Å². The van der Waals surface area contributed by atoms with Crippen molar-refractivity contribution in [3.63, 3.8) is 0 Å². The van der Waals surface area contributed by atoms with Gasteiger partial charge in [0.15, 0.2) is 0 Å². The third kappa shape index (κ3) is 1.40. The summed E-state index contributed by atoms with van der Waals surface area (Å²) in [6.07, 6.45) is -1.51. The summed E-state index contributed by atoms with van der Waals surface area (Å²) in [5.41, 5.74) is -0.538. The number of aromatic nitrogens is 1. The molecule has 1 aromatic heterocycles. The van der Waals surface area contributed by atoms with Crippen molar-refractivity contribution in [1.29, 1.82) is 0 Å². The lowest BCUT2D eigenvalue weighted by molar-refractivity contribution is 0.151. The van der Waals surface area contributed by atoms with Crippen LogP contribution in [0, 0.1) is 0 Å². The standard InChI is InChI=1S/C6H5F2NO/c7-6(8)4-1-2-5(10)9-3-4/h1-3,6H,(H,9,10). The molecule has 0 fully saturated rings. The van der Waals surface area contributed by atoms with Gasteiger partial charge in [-0.05, 0) is 6.07 Å². The molecule has 0 saturated heterocycles. The summed E-state index contributed by atoms with van der Waals surface area (Å²) in [5, 5.41) is 0. The van der Waals surface area contributed by atoms with Gasteiger partial charge in [-0.2, -0.15) is 0 Å². The molecule has 54 valence electrons. The highest BCUT2D eigenvalue weighted by Crippen LogP contribution is 2.14. The number of nitrogens with one attached hydrogen (secondary N) is 1. The van der Waals surface area contributed by atoms with E-state index in [1.165, 1.54) is 0 Å². The fourth-order valence-corrected chi connectivity index (χ4v) is 0.558. The van der Waals surface area contributed by atoms with E-state index in [9.17, 15) is 13.6 Å². The van der Waals surface area contributed by atoms with Crippen LogP contribution in [0.15, 0.2) is 23.1 Å². The van der Waals surface area contributed by atoms with E-state index in [-0.39, 0.29) is 11.1 Å². The molecule has 0 saturated carbocycles. The second kappa shape index (κ2) is 2.60. The molecule has 0 amide bonds. The van der Waals surface area contributed by atoms with Crippen LogP contribution in [0.2, 0.25) is 0 Å². The summed E-state index contributed by atoms with van der Waals surface area (Å²) in [7, 11) is 0.